The molecule has 12 heavy (non-hydrogen) atoms. The molecule has 0 atom stereocenters. The number of para-hydroxylation sites is 1. The molecule has 0 saturated carbocycles. The van der Waals surface area contributed by atoms with Crippen molar-refractivity contribution >= 4 is 8.41 Å². The summed E-state index contributed by atoms with van der Waals surface area (Å²) in [5.41, 5.74) is 1.27. The molecule has 1 aliphatic heterocycles. The van der Waals surface area contributed by atoms with Crippen LogP contribution in [0.15, 0.2) is 36.6 Å². The van der Waals surface area contributed by atoms with E-state index in [0.717, 1.165) is 12.2 Å². The van der Waals surface area contributed by atoms with Gasteiger partial charge in [0, 0.05) is 25.5 Å². The Labute approximate surface area is 84.9 Å². The molecule has 0 amide bonds. The third kappa shape index (κ3) is 2.16. The molecule has 1 heterocycles. The molecule has 3 heteroatoms. The monoisotopic (exact) mass is 199 g/mol. The molecule has 0 bridgehead atoms. The van der Waals surface area contributed by atoms with Crippen molar-refractivity contribution in [2.24, 2.45) is 0 Å². The van der Waals surface area contributed by atoms with Crippen molar-refractivity contribution in [3.63, 3.8) is 0 Å². The van der Waals surface area contributed by atoms with Crippen molar-refractivity contribution < 1.29 is 21.8 Å². The Balaban J connectivity index is 0.000000605. The summed E-state index contributed by atoms with van der Waals surface area (Å²) in [6.07, 6.45) is 4.75. The van der Waals surface area contributed by atoms with E-state index in [4.69, 9.17) is 4.74 Å². The second-order valence-electron chi connectivity index (χ2n) is 2.30. The Morgan fingerprint density at radius 1 is 1.17 bits per heavy atom. The van der Waals surface area contributed by atoms with E-state index >= 15 is 0 Å². The summed E-state index contributed by atoms with van der Waals surface area (Å²) >= 11 is 0. The van der Waals surface area contributed by atoms with Crippen molar-refractivity contribution in [3.8, 4) is 5.75 Å². The predicted molar refractivity (Wildman–Crippen MR) is 45.7 cm³/mol. The molecule has 2 rings (SSSR count). The van der Waals surface area contributed by atoms with Crippen molar-refractivity contribution in [3.05, 3.63) is 42.2 Å². The first kappa shape index (κ1) is 11.3. The van der Waals surface area contributed by atoms with Crippen LogP contribution < -0.4 is 4.74 Å². The van der Waals surface area contributed by atoms with Gasteiger partial charge in [-0.15, -0.1) is 0 Å². The maximum absolute atomic E-state index is 5.24. The minimum Gasteiger partial charge on any atom is -0.465 e. The van der Waals surface area contributed by atoms with Gasteiger partial charge in [-0.3, -0.25) is 0 Å². The molecular weight excluding hydrogens is 191 g/mol. The summed E-state index contributed by atoms with van der Waals surface area (Å²) in [5, 5.41) is 0. The van der Waals surface area contributed by atoms with Gasteiger partial charge in [-0.05, 0) is 24.1 Å². The van der Waals surface area contributed by atoms with E-state index in [0.29, 0.717) is 0 Å². The number of hydrogen-bond donors (Lipinski definition) is 0. The smallest absolute Gasteiger partial charge is 0.130 e. The molecule has 1 aromatic carbocycles. The number of hydrogen-bond acceptors (Lipinski definition) is 1. The van der Waals surface area contributed by atoms with Crippen molar-refractivity contribution in [1.29, 1.82) is 0 Å². The Kier molecular flexibility index (Phi) is 4.80. The average molecular weight is 199 g/mol. The van der Waals surface area contributed by atoms with Crippen LogP contribution in [0.25, 0.3) is 0 Å². The normalized spacial score (nSPS) is 11.7. The van der Waals surface area contributed by atoms with Crippen molar-refractivity contribution in [2.45, 2.75) is 6.42 Å². The first-order valence-corrected chi connectivity index (χ1v) is 3.36. The zero-order valence-corrected chi connectivity index (χ0v) is 7.61. The van der Waals surface area contributed by atoms with Crippen LogP contribution in [0.4, 0.5) is 0 Å². The minimum atomic E-state index is 0. The Hall–Kier alpha value is -0.656. The van der Waals surface area contributed by atoms with Gasteiger partial charge in [0.2, 0.25) is 0 Å². The first-order valence-electron chi connectivity index (χ1n) is 3.36. The molecule has 1 nitrogen and oxygen atoms in total. The van der Waals surface area contributed by atoms with Gasteiger partial charge in [0.15, 0.2) is 0 Å². The quantitative estimate of drug-likeness (QED) is 0.578. The summed E-state index contributed by atoms with van der Waals surface area (Å²) in [6, 6.07) is 8.08. The Morgan fingerprint density at radius 2 is 1.92 bits per heavy atom. The fourth-order valence-electron chi connectivity index (χ4n) is 1.08. The largest absolute Gasteiger partial charge is 0.465 e. The molecule has 0 N–H and O–H groups in total. The molecule has 0 saturated heterocycles. The Morgan fingerprint density at radius 3 is 2.67 bits per heavy atom. The molecule has 3 radical (unpaired) electrons. The van der Waals surface area contributed by atoms with Crippen molar-refractivity contribution in [2.75, 3.05) is 0 Å². The SMILES string of the molecule is C1=COc2ccccc2C1.[B].[Fe]. The molecule has 0 unspecified atom stereocenters. The molecular formula is C9H8BFeO. The van der Waals surface area contributed by atoms with E-state index in [1.165, 1.54) is 5.56 Å². The van der Waals surface area contributed by atoms with Crippen LogP contribution in [-0.4, -0.2) is 8.41 Å². The van der Waals surface area contributed by atoms with Crippen LogP contribution in [0.2, 0.25) is 0 Å². The second kappa shape index (κ2) is 5.07. The van der Waals surface area contributed by atoms with Gasteiger partial charge in [0.25, 0.3) is 0 Å². The fraction of sp³-hybridized carbons (Fsp3) is 0.111. The average Bonchev–Trinajstić information content (AvgIpc) is 2.05. The van der Waals surface area contributed by atoms with Crippen LogP contribution in [0.1, 0.15) is 5.56 Å². The molecule has 0 aliphatic carbocycles. The summed E-state index contributed by atoms with van der Waals surface area (Å²) in [6.45, 7) is 0. The third-order valence-corrected chi connectivity index (χ3v) is 1.60. The van der Waals surface area contributed by atoms with E-state index in [9.17, 15) is 0 Å². The van der Waals surface area contributed by atoms with Crippen LogP contribution in [0.3, 0.4) is 0 Å². The van der Waals surface area contributed by atoms with E-state index < -0.39 is 0 Å². The maximum Gasteiger partial charge on any atom is 0.130 e. The second-order valence-corrected chi connectivity index (χ2v) is 2.30. The standard InChI is InChI=1S/C9H8O.B.Fe/c1-2-6-9-8(4-1)5-3-7-10-9;;/h1-4,6-7H,5H2;;. The van der Waals surface area contributed by atoms with E-state index in [2.05, 4.69) is 6.07 Å². The zero-order chi connectivity index (χ0) is 6.81. The molecule has 1 aromatic rings. The number of benzene rings is 1. The summed E-state index contributed by atoms with van der Waals surface area (Å²) in [7, 11) is 0. The van der Waals surface area contributed by atoms with E-state index in [-0.39, 0.29) is 25.5 Å². The Bertz CT molecular complexity index is 246. The number of ether oxygens (including phenoxy) is 1. The van der Waals surface area contributed by atoms with Crippen LogP contribution in [0, 0.1) is 0 Å². The van der Waals surface area contributed by atoms with Gasteiger partial charge in [-0.2, -0.15) is 0 Å². The third-order valence-electron chi connectivity index (χ3n) is 1.60. The first-order chi connectivity index (χ1) is 4.97. The zero-order valence-electron chi connectivity index (χ0n) is 6.51. The number of allylic oxidation sites excluding steroid dienone is 1. The van der Waals surface area contributed by atoms with Gasteiger partial charge in [0.1, 0.15) is 5.75 Å². The van der Waals surface area contributed by atoms with Gasteiger partial charge in [-0.1, -0.05) is 18.2 Å². The predicted octanol–water partition coefficient (Wildman–Crippen LogP) is 1.75. The summed E-state index contributed by atoms with van der Waals surface area (Å²) < 4.78 is 5.24. The van der Waals surface area contributed by atoms with Gasteiger partial charge in [0.05, 0.1) is 6.26 Å². The van der Waals surface area contributed by atoms with E-state index in [1.807, 2.05) is 24.3 Å². The molecule has 61 valence electrons. The molecule has 0 fully saturated rings. The van der Waals surface area contributed by atoms with Gasteiger partial charge >= 0.3 is 0 Å². The molecule has 1 aliphatic rings. The van der Waals surface area contributed by atoms with Crippen LogP contribution in [-0.2, 0) is 23.5 Å². The van der Waals surface area contributed by atoms with Crippen LogP contribution in [0.5, 0.6) is 5.75 Å². The maximum atomic E-state index is 5.24. The van der Waals surface area contributed by atoms with Gasteiger partial charge < -0.3 is 4.74 Å². The van der Waals surface area contributed by atoms with E-state index in [1.54, 1.807) is 6.26 Å². The summed E-state index contributed by atoms with van der Waals surface area (Å²) in [5.74, 6) is 0.991. The summed E-state index contributed by atoms with van der Waals surface area (Å²) in [4.78, 5) is 0. The molecule has 0 aromatic heterocycles. The minimum absolute atomic E-state index is 0. The number of rotatable bonds is 0. The topological polar surface area (TPSA) is 9.23 Å². The molecule has 0 spiro atoms. The fourth-order valence-corrected chi connectivity index (χ4v) is 1.08. The number of fused-ring (bicyclic) bond motifs is 1. The van der Waals surface area contributed by atoms with Gasteiger partial charge in [-0.25, -0.2) is 0 Å². The van der Waals surface area contributed by atoms with Crippen molar-refractivity contribution in [1.82, 2.24) is 0 Å². The van der Waals surface area contributed by atoms with Crippen LogP contribution >= 0.6 is 0 Å².